The zero-order valence-electron chi connectivity index (χ0n) is 17.9. The monoisotopic (exact) mass is 418 g/mol. The third kappa shape index (κ3) is 4.42. The first-order chi connectivity index (χ1) is 15.0. The summed E-state index contributed by atoms with van der Waals surface area (Å²) in [7, 11) is 1.55. The summed E-state index contributed by atoms with van der Waals surface area (Å²) in [5.74, 6) is 0.472. The molecule has 1 fully saturated rings. The van der Waals surface area contributed by atoms with Crippen LogP contribution in [0.15, 0.2) is 42.0 Å². The van der Waals surface area contributed by atoms with Crippen molar-refractivity contribution in [3.8, 4) is 17.6 Å². The number of allylic oxidation sites excluding steroid dienone is 1. The highest BCUT2D eigenvalue weighted by atomic mass is 16.5. The Hall–Kier alpha value is -3.30. The molecule has 0 radical (unpaired) electrons. The Labute approximate surface area is 182 Å². The minimum absolute atomic E-state index is 0.216. The summed E-state index contributed by atoms with van der Waals surface area (Å²) < 4.78 is 11.2. The molecule has 160 valence electrons. The van der Waals surface area contributed by atoms with Crippen molar-refractivity contribution in [3.63, 3.8) is 0 Å². The van der Waals surface area contributed by atoms with Gasteiger partial charge in [0.1, 0.15) is 24.2 Å². The van der Waals surface area contributed by atoms with Gasteiger partial charge in [-0.1, -0.05) is 17.7 Å². The number of likely N-dealkylation sites (tertiary alicyclic amines) is 1. The summed E-state index contributed by atoms with van der Waals surface area (Å²) in [6.07, 6.45) is 1.94. The number of aryl methyl sites for hydroxylation is 1. The standard InChI is InChI=1S/C25H26N2O4/c1-16-19(12-27-13-21(14-27)25(28)29)5-4-18-10-22(6-7-23(16)18)31-15-17-3-8-24(30-2)20(9-17)11-26/h3,6-10,21H,4-5,12-15H2,1-2H3,(H,28,29). The predicted octanol–water partition coefficient (Wildman–Crippen LogP) is 3.88. The lowest BCUT2D eigenvalue weighted by molar-refractivity contribution is -0.147. The molecule has 0 unspecified atom stereocenters. The minimum Gasteiger partial charge on any atom is -0.495 e. The van der Waals surface area contributed by atoms with Gasteiger partial charge in [0.15, 0.2) is 0 Å². The molecule has 6 nitrogen and oxygen atoms in total. The van der Waals surface area contributed by atoms with Gasteiger partial charge in [-0.3, -0.25) is 9.69 Å². The van der Waals surface area contributed by atoms with Crippen LogP contribution >= 0.6 is 0 Å². The topological polar surface area (TPSA) is 82.8 Å². The van der Waals surface area contributed by atoms with E-state index < -0.39 is 5.97 Å². The van der Waals surface area contributed by atoms with E-state index in [9.17, 15) is 10.1 Å². The largest absolute Gasteiger partial charge is 0.495 e. The van der Waals surface area contributed by atoms with Crippen molar-refractivity contribution in [2.75, 3.05) is 26.7 Å². The molecule has 1 aliphatic heterocycles. The molecule has 1 aliphatic carbocycles. The van der Waals surface area contributed by atoms with E-state index in [0.29, 0.717) is 31.0 Å². The van der Waals surface area contributed by atoms with E-state index in [-0.39, 0.29) is 5.92 Å². The van der Waals surface area contributed by atoms with Gasteiger partial charge in [0.25, 0.3) is 0 Å². The second-order valence-corrected chi connectivity index (χ2v) is 8.21. The number of rotatable bonds is 7. The Morgan fingerprint density at radius 2 is 2.03 bits per heavy atom. The molecule has 0 spiro atoms. The van der Waals surface area contributed by atoms with E-state index >= 15 is 0 Å². The average Bonchev–Trinajstić information content (AvgIpc) is 2.75. The number of benzene rings is 2. The fourth-order valence-electron chi connectivity index (χ4n) is 4.32. The summed E-state index contributed by atoms with van der Waals surface area (Å²) in [6, 6.07) is 13.8. The van der Waals surface area contributed by atoms with Crippen LogP contribution in [-0.2, 0) is 17.8 Å². The van der Waals surface area contributed by atoms with Crippen LogP contribution in [0.3, 0.4) is 0 Å². The van der Waals surface area contributed by atoms with Gasteiger partial charge in [-0.2, -0.15) is 5.26 Å². The van der Waals surface area contributed by atoms with Gasteiger partial charge in [0.05, 0.1) is 18.6 Å². The smallest absolute Gasteiger partial charge is 0.309 e. The highest BCUT2D eigenvalue weighted by Gasteiger charge is 2.33. The van der Waals surface area contributed by atoms with E-state index in [1.165, 1.54) is 22.3 Å². The number of hydrogen-bond donors (Lipinski definition) is 1. The Kier molecular flexibility index (Phi) is 5.97. The molecule has 1 heterocycles. The summed E-state index contributed by atoms with van der Waals surface area (Å²) in [6.45, 7) is 4.68. The highest BCUT2D eigenvalue weighted by Crippen LogP contribution is 2.34. The van der Waals surface area contributed by atoms with E-state index in [2.05, 4.69) is 30.0 Å². The quantitative estimate of drug-likeness (QED) is 0.735. The maximum absolute atomic E-state index is 11.0. The van der Waals surface area contributed by atoms with Crippen LogP contribution in [0.2, 0.25) is 0 Å². The molecule has 0 atom stereocenters. The Bertz CT molecular complexity index is 1080. The number of carbonyl (C=O) groups is 1. The van der Waals surface area contributed by atoms with Crippen molar-refractivity contribution >= 4 is 11.5 Å². The number of fused-ring (bicyclic) bond motifs is 1. The zero-order chi connectivity index (χ0) is 22.0. The number of methoxy groups -OCH3 is 1. The van der Waals surface area contributed by atoms with Crippen molar-refractivity contribution in [2.24, 2.45) is 5.92 Å². The van der Waals surface area contributed by atoms with Crippen molar-refractivity contribution in [3.05, 3.63) is 64.2 Å². The van der Waals surface area contributed by atoms with E-state index in [4.69, 9.17) is 14.6 Å². The van der Waals surface area contributed by atoms with Crippen molar-refractivity contribution < 1.29 is 19.4 Å². The number of aliphatic carboxylic acids is 1. The number of nitrogens with zero attached hydrogens (tertiary/aromatic N) is 2. The summed E-state index contributed by atoms with van der Waals surface area (Å²) in [5, 5.41) is 18.3. The molecular weight excluding hydrogens is 392 g/mol. The van der Waals surface area contributed by atoms with Gasteiger partial charge in [0.2, 0.25) is 0 Å². The molecule has 31 heavy (non-hydrogen) atoms. The van der Waals surface area contributed by atoms with Crippen LogP contribution in [0, 0.1) is 17.2 Å². The lowest BCUT2D eigenvalue weighted by Crippen LogP contribution is -2.50. The molecule has 1 saturated heterocycles. The summed E-state index contributed by atoms with van der Waals surface area (Å²) in [4.78, 5) is 13.2. The van der Waals surface area contributed by atoms with Crippen LogP contribution in [-0.4, -0.2) is 42.7 Å². The van der Waals surface area contributed by atoms with Crippen LogP contribution < -0.4 is 9.47 Å². The normalized spacial score (nSPS) is 16.3. The highest BCUT2D eigenvalue weighted by molar-refractivity contribution is 5.73. The van der Waals surface area contributed by atoms with Crippen LogP contribution in [0.5, 0.6) is 11.5 Å². The van der Waals surface area contributed by atoms with Gasteiger partial charge in [-0.05, 0) is 66.3 Å². The lowest BCUT2D eigenvalue weighted by atomic mass is 9.85. The second-order valence-electron chi connectivity index (χ2n) is 8.21. The minimum atomic E-state index is -0.693. The Balaban J connectivity index is 1.41. The van der Waals surface area contributed by atoms with E-state index in [1.54, 1.807) is 19.2 Å². The third-order valence-corrected chi connectivity index (χ3v) is 6.22. The number of carboxylic acid groups (broad SMARTS) is 1. The lowest BCUT2D eigenvalue weighted by Gasteiger charge is -2.38. The Morgan fingerprint density at radius 1 is 1.23 bits per heavy atom. The summed E-state index contributed by atoms with van der Waals surface area (Å²) >= 11 is 0. The molecule has 2 aromatic rings. The van der Waals surface area contributed by atoms with Crippen LogP contribution in [0.4, 0.5) is 0 Å². The zero-order valence-corrected chi connectivity index (χ0v) is 17.9. The number of nitriles is 1. The van der Waals surface area contributed by atoms with Gasteiger partial charge < -0.3 is 14.6 Å². The van der Waals surface area contributed by atoms with Gasteiger partial charge in [-0.15, -0.1) is 0 Å². The van der Waals surface area contributed by atoms with Gasteiger partial charge >= 0.3 is 5.97 Å². The van der Waals surface area contributed by atoms with Crippen molar-refractivity contribution in [1.29, 1.82) is 5.26 Å². The first-order valence-corrected chi connectivity index (χ1v) is 10.5. The predicted molar refractivity (Wildman–Crippen MR) is 117 cm³/mol. The van der Waals surface area contributed by atoms with Gasteiger partial charge in [-0.25, -0.2) is 0 Å². The fraction of sp³-hybridized carbons (Fsp3) is 0.360. The molecule has 1 N–H and O–H groups in total. The van der Waals surface area contributed by atoms with Crippen molar-refractivity contribution in [1.82, 2.24) is 4.90 Å². The van der Waals surface area contributed by atoms with Gasteiger partial charge in [0, 0.05) is 19.6 Å². The maximum atomic E-state index is 11.0. The van der Waals surface area contributed by atoms with Crippen LogP contribution in [0.25, 0.3) is 5.57 Å². The first kappa shape index (κ1) is 21.0. The SMILES string of the molecule is COc1ccc(COc2ccc3c(c2)CCC(CN2CC(C(=O)O)C2)=C3C)cc1C#N. The maximum Gasteiger partial charge on any atom is 0.309 e. The first-order valence-electron chi connectivity index (χ1n) is 10.5. The van der Waals surface area contributed by atoms with E-state index in [0.717, 1.165) is 30.7 Å². The molecule has 4 rings (SSSR count). The molecule has 0 saturated carbocycles. The average molecular weight is 418 g/mol. The van der Waals surface area contributed by atoms with Crippen LogP contribution in [0.1, 0.15) is 35.6 Å². The molecule has 6 heteroatoms. The van der Waals surface area contributed by atoms with E-state index in [1.807, 2.05) is 12.1 Å². The third-order valence-electron chi connectivity index (χ3n) is 6.22. The molecular formula is C25H26N2O4. The fourth-order valence-corrected chi connectivity index (χ4v) is 4.32. The number of ether oxygens (including phenoxy) is 2. The number of carboxylic acids is 1. The molecule has 0 amide bonds. The summed E-state index contributed by atoms with van der Waals surface area (Å²) in [5.41, 5.74) is 6.63. The number of hydrogen-bond acceptors (Lipinski definition) is 5. The van der Waals surface area contributed by atoms with Crippen molar-refractivity contribution in [2.45, 2.75) is 26.4 Å². The molecule has 0 aromatic heterocycles. The Morgan fingerprint density at radius 3 is 2.74 bits per heavy atom. The second kappa shape index (κ2) is 8.83. The molecule has 2 aromatic carbocycles. The molecule has 0 bridgehead atoms. The molecule has 2 aliphatic rings.